The smallest absolute Gasteiger partial charge is 0.416 e. The molecular formula is C20H16F3NO2. The molecule has 0 N–H and O–H groups in total. The highest BCUT2D eigenvalue weighted by Crippen LogP contribution is 2.29. The summed E-state index contributed by atoms with van der Waals surface area (Å²) in [7, 11) is 0. The van der Waals surface area contributed by atoms with E-state index in [4.69, 9.17) is 9.15 Å². The van der Waals surface area contributed by atoms with Crippen molar-refractivity contribution in [2.75, 3.05) is 0 Å². The highest BCUT2D eigenvalue weighted by molar-refractivity contribution is 5.79. The second-order valence-corrected chi connectivity index (χ2v) is 5.60. The van der Waals surface area contributed by atoms with Gasteiger partial charge >= 0.3 is 6.18 Å². The molecule has 3 nitrogen and oxygen atoms in total. The zero-order chi connectivity index (χ0) is 18.4. The van der Waals surface area contributed by atoms with E-state index in [9.17, 15) is 13.2 Å². The lowest BCUT2D eigenvalue weighted by molar-refractivity contribution is -0.137. The van der Waals surface area contributed by atoms with Crippen molar-refractivity contribution >= 4 is 6.21 Å². The molecular weight excluding hydrogens is 343 g/mol. The van der Waals surface area contributed by atoms with Crippen LogP contribution < -0.4 is 4.74 Å². The summed E-state index contributed by atoms with van der Waals surface area (Å²) in [6.07, 6.45) is -0.983. The number of hydrogen-bond donors (Lipinski definition) is 0. The summed E-state index contributed by atoms with van der Waals surface area (Å²) in [5.41, 5.74) is 0.917. The summed E-state index contributed by atoms with van der Waals surface area (Å²) in [5.74, 6) is 1.42. The van der Waals surface area contributed by atoms with Gasteiger partial charge in [-0.1, -0.05) is 12.1 Å². The van der Waals surface area contributed by atoms with E-state index in [1.807, 2.05) is 24.3 Å². The number of ether oxygens (including phenoxy) is 1. The van der Waals surface area contributed by atoms with E-state index >= 15 is 0 Å². The van der Waals surface area contributed by atoms with Crippen LogP contribution in [0.1, 0.15) is 22.5 Å². The summed E-state index contributed by atoms with van der Waals surface area (Å²) < 4.78 is 48.4. The molecule has 0 saturated carbocycles. The van der Waals surface area contributed by atoms with Crippen LogP contribution in [-0.4, -0.2) is 6.21 Å². The van der Waals surface area contributed by atoms with Crippen molar-refractivity contribution in [1.29, 1.82) is 0 Å². The molecule has 3 rings (SSSR count). The molecule has 0 aliphatic rings. The number of hydrogen-bond acceptors (Lipinski definition) is 3. The van der Waals surface area contributed by atoms with Crippen molar-refractivity contribution in [3.05, 3.63) is 89.4 Å². The minimum absolute atomic E-state index is 0.198. The normalized spacial score (nSPS) is 11.8. The lowest BCUT2D eigenvalue weighted by Gasteiger charge is -2.09. The molecule has 0 aliphatic heterocycles. The average molecular weight is 359 g/mol. The number of aliphatic imine (C=N–C) groups is 1. The Bertz CT molecular complexity index is 836. The summed E-state index contributed by atoms with van der Waals surface area (Å²) >= 11 is 0. The molecule has 0 aliphatic carbocycles. The van der Waals surface area contributed by atoms with Crippen molar-refractivity contribution in [3.8, 4) is 5.75 Å². The quantitative estimate of drug-likeness (QED) is 0.545. The first-order valence-electron chi connectivity index (χ1n) is 7.92. The van der Waals surface area contributed by atoms with E-state index in [1.165, 1.54) is 12.1 Å². The third kappa shape index (κ3) is 4.99. The van der Waals surface area contributed by atoms with Crippen LogP contribution in [0, 0.1) is 0 Å². The largest absolute Gasteiger partial charge is 0.489 e. The van der Waals surface area contributed by atoms with Gasteiger partial charge in [0.25, 0.3) is 0 Å². The fraction of sp³-hybridized carbons (Fsp3) is 0.150. The third-order valence-corrected chi connectivity index (χ3v) is 3.63. The highest BCUT2D eigenvalue weighted by atomic mass is 19.4. The van der Waals surface area contributed by atoms with Crippen LogP contribution in [0.3, 0.4) is 0 Å². The first kappa shape index (κ1) is 17.8. The van der Waals surface area contributed by atoms with Crippen molar-refractivity contribution in [1.82, 2.24) is 0 Å². The molecule has 0 amide bonds. The summed E-state index contributed by atoms with van der Waals surface area (Å²) in [6, 6.07) is 15.9. The van der Waals surface area contributed by atoms with Gasteiger partial charge in [-0.05, 0) is 59.7 Å². The number of alkyl halides is 3. The van der Waals surface area contributed by atoms with Gasteiger partial charge in [-0.3, -0.25) is 4.99 Å². The predicted molar refractivity (Wildman–Crippen MR) is 92.2 cm³/mol. The second kappa shape index (κ2) is 7.91. The number of halogens is 3. The Kier molecular flexibility index (Phi) is 5.41. The number of benzene rings is 2. The van der Waals surface area contributed by atoms with Crippen molar-refractivity contribution in [2.24, 2.45) is 4.99 Å². The molecule has 0 spiro atoms. The zero-order valence-electron chi connectivity index (χ0n) is 13.7. The SMILES string of the molecule is FC(F)(F)c1ccc(COc2ccc(C=NCc3ccco3)cc2)cc1. The van der Waals surface area contributed by atoms with E-state index in [1.54, 1.807) is 24.6 Å². The van der Waals surface area contributed by atoms with Crippen molar-refractivity contribution in [2.45, 2.75) is 19.3 Å². The Morgan fingerprint density at radius 3 is 2.31 bits per heavy atom. The van der Waals surface area contributed by atoms with E-state index in [0.717, 1.165) is 23.5 Å². The Morgan fingerprint density at radius 2 is 1.69 bits per heavy atom. The third-order valence-electron chi connectivity index (χ3n) is 3.63. The molecule has 0 saturated heterocycles. The van der Waals surface area contributed by atoms with Gasteiger partial charge in [-0.25, -0.2) is 0 Å². The van der Waals surface area contributed by atoms with Crippen LogP contribution in [0.4, 0.5) is 13.2 Å². The van der Waals surface area contributed by atoms with E-state index in [-0.39, 0.29) is 6.61 Å². The molecule has 0 bridgehead atoms. The summed E-state index contributed by atoms with van der Waals surface area (Å²) in [6.45, 7) is 0.670. The van der Waals surface area contributed by atoms with Gasteiger partial charge in [0, 0.05) is 6.21 Å². The fourth-order valence-electron chi connectivity index (χ4n) is 2.25. The minimum atomic E-state index is -4.33. The van der Waals surface area contributed by atoms with E-state index in [2.05, 4.69) is 4.99 Å². The summed E-state index contributed by atoms with van der Waals surface area (Å²) in [4.78, 5) is 4.28. The molecule has 2 aromatic carbocycles. The van der Waals surface area contributed by atoms with Gasteiger partial charge in [0.15, 0.2) is 0 Å². The number of rotatable bonds is 6. The standard InChI is InChI=1S/C20H16F3NO2/c21-20(22,23)17-7-3-16(4-8-17)14-26-18-9-5-15(6-10-18)12-24-13-19-2-1-11-25-19/h1-12H,13-14H2. The highest BCUT2D eigenvalue weighted by Gasteiger charge is 2.29. The van der Waals surface area contributed by atoms with Crippen molar-refractivity contribution in [3.63, 3.8) is 0 Å². The lowest BCUT2D eigenvalue weighted by Crippen LogP contribution is -2.05. The topological polar surface area (TPSA) is 34.7 Å². The maximum absolute atomic E-state index is 12.5. The van der Waals surface area contributed by atoms with Gasteiger partial charge in [0.2, 0.25) is 0 Å². The molecule has 0 atom stereocenters. The van der Waals surface area contributed by atoms with Crippen LogP contribution in [-0.2, 0) is 19.3 Å². The Hall–Kier alpha value is -3.02. The fourth-order valence-corrected chi connectivity index (χ4v) is 2.25. The van der Waals surface area contributed by atoms with Crippen LogP contribution in [0.25, 0.3) is 0 Å². The first-order chi connectivity index (χ1) is 12.5. The molecule has 3 aromatic rings. The minimum Gasteiger partial charge on any atom is -0.489 e. The summed E-state index contributed by atoms with van der Waals surface area (Å²) in [5, 5.41) is 0. The molecule has 134 valence electrons. The average Bonchev–Trinajstić information content (AvgIpc) is 3.14. The second-order valence-electron chi connectivity index (χ2n) is 5.60. The van der Waals surface area contributed by atoms with E-state index < -0.39 is 11.7 Å². The molecule has 0 unspecified atom stereocenters. The zero-order valence-corrected chi connectivity index (χ0v) is 13.7. The van der Waals surface area contributed by atoms with Gasteiger partial charge < -0.3 is 9.15 Å². The predicted octanol–water partition coefficient (Wildman–Crippen LogP) is 5.50. The van der Waals surface area contributed by atoms with Gasteiger partial charge in [0.05, 0.1) is 18.4 Å². The molecule has 0 fully saturated rings. The van der Waals surface area contributed by atoms with Crippen molar-refractivity contribution < 1.29 is 22.3 Å². The lowest BCUT2D eigenvalue weighted by atomic mass is 10.1. The van der Waals surface area contributed by atoms with Crippen LogP contribution in [0.15, 0.2) is 76.3 Å². The molecule has 26 heavy (non-hydrogen) atoms. The maximum atomic E-state index is 12.5. The maximum Gasteiger partial charge on any atom is 0.416 e. The van der Waals surface area contributed by atoms with Crippen LogP contribution in [0.5, 0.6) is 5.75 Å². The van der Waals surface area contributed by atoms with Gasteiger partial charge in [0.1, 0.15) is 18.1 Å². The molecule has 0 radical (unpaired) electrons. The molecule has 1 heterocycles. The monoisotopic (exact) mass is 359 g/mol. The van der Waals surface area contributed by atoms with E-state index in [0.29, 0.717) is 17.9 Å². The Morgan fingerprint density at radius 1 is 0.962 bits per heavy atom. The van der Waals surface area contributed by atoms with Crippen LogP contribution >= 0.6 is 0 Å². The Labute approximate surface area is 148 Å². The number of nitrogens with zero attached hydrogens (tertiary/aromatic N) is 1. The molecule has 6 heteroatoms. The van der Waals surface area contributed by atoms with Crippen LogP contribution in [0.2, 0.25) is 0 Å². The number of furan rings is 1. The van der Waals surface area contributed by atoms with Gasteiger partial charge in [-0.2, -0.15) is 13.2 Å². The van der Waals surface area contributed by atoms with Gasteiger partial charge in [-0.15, -0.1) is 0 Å². The molecule has 1 aromatic heterocycles. The first-order valence-corrected chi connectivity index (χ1v) is 7.92. The Balaban J connectivity index is 1.52.